The molecule has 0 rings (SSSR count). The average molecular weight is 214 g/mol. The number of amides is 1. The van der Waals surface area contributed by atoms with Gasteiger partial charge in [-0.1, -0.05) is 27.2 Å². The van der Waals surface area contributed by atoms with Gasteiger partial charge < -0.3 is 11.1 Å². The number of rotatable bonds is 7. The molecule has 0 saturated heterocycles. The van der Waals surface area contributed by atoms with Gasteiger partial charge in [-0.15, -0.1) is 0 Å². The zero-order valence-electron chi connectivity index (χ0n) is 10.0. The summed E-state index contributed by atoms with van der Waals surface area (Å²) in [5.74, 6) is -0.444. The fraction of sp³-hybridized carbons (Fsp3) is 0.818. The summed E-state index contributed by atoms with van der Waals surface area (Å²) in [5.41, 5.74) is 5.12. The van der Waals surface area contributed by atoms with E-state index in [1.165, 1.54) is 0 Å². The van der Waals surface area contributed by atoms with E-state index in [4.69, 9.17) is 5.73 Å². The van der Waals surface area contributed by atoms with Crippen LogP contribution in [0.25, 0.3) is 0 Å². The number of primary amides is 1. The quantitative estimate of drug-likeness (QED) is 0.655. The van der Waals surface area contributed by atoms with Gasteiger partial charge in [0.25, 0.3) is 0 Å². The maximum absolute atomic E-state index is 11.8. The molecule has 0 aliphatic heterocycles. The molecule has 0 aliphatic rings. The molecule has 1 amide bonds. The SMILES string of the molecule is CCC(C)[C@H](NC)C(=O)C[C@H](C)C(N)=O. The van der Waals surface area contributed by atoms with Crippen LogP contribution in [-0.2, 0) is 9.59 Å². The number of hydrogen-bond acceptors (Lipinski definition) is 3. The Morgan fingerprint density at radius 2 is 1.87 bits per heavy atom. The summed E-state index contributed by atoms with van der Waals surface area (Å²) in [6, 6.07) is -0.170. The maximum atomic E-state index is 11.8. The summed E-state index contributed by atoms with van der Waals surface area (Å²) in [6.45, 7) is 5.75. The van der Waals surface area contributed by atoms with Crippen LogP contribution in [-0.4, -0.2) is 24.8 Å². The Morgan fingerprint density at radius 1 is 1.33 bits per heavy atom. The third-order valence-corrected chi connectivity index (χ3v) is 2.86. The molecule has 4 nitrogen and oxygen atoms in total. The summed E-state index contributed by atoms with van der Waals surface area (Å²) in [4.78, 5) is 22.7. The second-order valence-electron chi connectivity index (χ2n) is 4.13. The van der Waals surface area contributed by atoms with Crippen LogP contribution in [0.5, 0.6) is 0 Å². The number of Topliss-reactive ketones (excluding diaryl/α,β-unsaturated/α-hetero) is 1. The Kier molecular flexibility index (Phi) is 6.17. The van der Waals surface area contributed by atoms with Crippen molar-refractivity contribution < 1.29 is 9.59 Å². The van der Waals surface area contributed by atoms with Crippen LogP contribution in [0.3, 0.4) is 0 Å². The summed E-state index contributed by atoms with van der Waals surface area (Å²) in [6.07, 6.45) is 1.16. The lowest BCUT2D eigenvalue weighted by Crippen LogP contribution is -2.41. The molecule has 0 aromatic rings. The normalized spacial score (nSPS) is 16.8. The second-order valence-corrected chi connectivity index (χ2v) is 4.13. The number of nitrogens with one attached hydrogen (secondary N) is 1. The highest BCUT2D eigenvalue weighted by atomic mass is 16.1. The summed E-state index contributed by atoms with van der Waals surface area (Å²) >= 11 is 0. The van der Waals surface area contributed by atoms with E-state index in [0.29, 0.717) is 0 Å². The zero-order chi connectivity index (χ0) is 12.0. The topological polar surface area (TPSA) is 72.2 Å². The van der Waals surface area contributed by atoms with E-state index in [1.807, 2.05) is 13.8 Å². The van der Waals surface area contributed by atoms with Gasteiger partial charge >= 0.3 is 0 Å². The van der Waals surface area contributed by atoms with Gasteiger partial charge in [0.1, 0.15) is 0 Å². The molecule has 4 heteroatoms. The molecule has 0 heterocycles. The van der Waals surface area contributed by atoms with E-state index < -0.39 is 5.91 Å². The fourth-order valence-corrected chi connectivity index (χ4v) is 1.53. The molecule has 0 saturated carbocycles. The van der Waals surface area contributed by atoms with E-state index in [2.05, 4.69) is 5.32 Å². The summed E-state index contributed by atoms with van der Waals surface area (Å²) in [7, 11) is 1.77. The van der Waals surface area contributed by atoms with E-state index in [9.17, 15) is 9.59 Å². The minimum atomic E-state index is -0.414. The molecule has 0 bridgehead atoms. The standard InChI is InChI=1S/C11H22N2O2/c1-5-7(2)10(13-4)9(14)6-8(3)11(12)15/h7-8,10,13H,5-6H2,1-4H3,(H2,12,15)/t7?,8-,10-/m0/s1. The number of nitrogens with two attached hydrogens (primary N) is 1. The number of likely N-dealkylation sites (N-methyl/N-ethyl adjacent to an activating group) is 1. The third-order valence-electron chi connectivity index (χ3n) is 2.86. The molecule has 3 atom stereocenters. The molecule has 0 aromatic heterocycles. The number of carbonyl (C=O) groups excluding carboxylic acids is 2. The highest BCUT2D eigenvalue weighted by Crippen LogP contribution is 2.12. The van der Waals surface area contributed by atoms with Crippen molar-refractivity contribution in [3.63, 3.8) is 0 Å². The molecule has 0 radical (unpaired) electrons. The first-order valence-electron chi connectivity index (χ1n) is 5.43. The highest BCUT2D eigenvalue weighted by Gasteiger charge is 2.24. The minimum absolute atomic E-state index is 0.0677. The molecule has 1 unspecified atom stereocenters. The Morgan fingerprint density at radius 3 is 2.20 bits per heavy atom. The minimum Gasteiger partial charge on any atom is -0.369 e. The van der Waals surface area contributed by atoms with Crippen LogP contribution in [0, 0.1) is 11.8 Å². The predicted molar refractivity (Wildman–Crippen MR) is 60.3 cm³/mol. The Labute approximate surface area is 91.6 Å². The van der Waals surface area contributed by atoms with Crippen LogP contribution in [0.4, 0.5) is 0 Å². The van der Waals surface area contributed by atoms with Gasteiger partial charge in [0, 0.05) is 12.3 Å². The van der Waals surface area contributed by atoms with Crippen molar-refractivity contribution in [3.05, 3.63) is 0 Å². The third kappa shape index (κ3) is 4.42. The molecule has 0 aromatic carbocycles. The number of carbonyl (C=O) groups is 2. The summed E-state index contributed by atoms with van der Waals surface area (Å²) in [5, 5.41) is 3.00. The van der Waals surface area contributed by atoms with Crippen LogP contribution in [0.2, 0.25) is 0 Å². The van der Waals surface area contributed by atoms with Gasteiger partial charge in [-0.05, 0) is 13.0 Å². The largest absolute Gasteiger partial charge is 0.369 e. The van der Waals surface area contributed by atoms with Crippen molar-refractivity contribution >= 4 is 11.7 Å². The average Bonchev–Trinajstić information content (AvgIpc) is 2.18. The Bertz CT molecular complexity index is 229. The number of hydrogen-bond donors (Lipinski definition) is 2. The molecule has 0 fully saturated rings. The molecule has 0 aliphatic carbocycles. The van der Waals surface area contributed by atoms with Crippen molar-refractivity contribution in [1.82, 2.24) is 5.32 Å². The van der Waals surface area contributed by atoms with Crippen LogP contribution in [0.1, 0.15) is 33.6 Å². The highest BCUT2D eigenvalue weighted by molar-refractivity contribution is 5.89. The van der Waals surface area contributed by atoms with Crippen LogP contribution in [0.15, 0.2) is 0 Å². The molecular formula is C11H22N2O2. The van der Waals surface area contributed by atoms with Crippen molar-refractivity contribution in [1.29, 1.82) is 0 Å². The van der Waals surface area contributed by atoms with E-state index >= 15 is 0 Å². The van der Waals surface area contributed by atoms with Crippen LogP contribution < -0.4 is 11.1 Å². The van der Waals surface area contributed by atoms with Gasteiger partial charge in [-0.25, -0.2) is 0 Å². The monoisotopic (exact) mass is 214 g/mol. The van der Waals surface area contributed by atoms with E-state index in [-0.39, 0.29) is 30.1 Å². The first-order valence-corrected chi connectivity index (χ1v) is 5.43. The van der Waals surface area contributed by atoms with E-state index in [1.54, 1.807) is 14.0 Å². The molecule has 88 valence electrons. The maximum Gasteiger partial charge on any atom is 0.220 e. The predicted octanol–water partition coefficient (Wildman–Crippen LogP) is 0.701. The van der Waals surface area contributed by atoms with Gasteiger partial charge in [0.15, 0.2) is 5.78 Å². The molecular weight excluding hydrogens is 192 g/mol. The zero-order valence-corrected chi connectivity index (χ0v) is 10.0. The number of ketones is 1. The fourth-order valence-electron chi connectivity index (χ4n) is 1.53. The summed E-state index contributed by atoms with van der Waals surface area (Å²) < 4.78 is 0. The molecule has 15 heavy (non-hydrogen) atoms. The molecule has 0 spiro atoms. The first-order chi connectivity index (χ1) is 6.93. The lowest BCUT2D eigenvalue weighted by atomic mass is 9.90. The van der Waals surface area contributed by atoms with E-state index in [0.717, 1.165) is 6.42 Å². The van der Waals surface area contributed by atoms with Crippen molar-refractivity contribution in [2.45, 2.75) is 39.7 Å². The smallest absolute Gasteiger partial charge is 0.220 e. The van der Waals surface area contributed by atoms with Crippen LogP contribution >= 0.6 is 0 Å². The van der Waals surface area contributed by atoms with Gasteiger partial charge in [-0.3, -0.25) is 9.59 Å². The van der Waals surface area contributed by atoms with Crippen molar-refractivity contribution in [3.8, 4) is 0 Å². The van der Waals surface area contributed by atoms with Gasteiger partial charge in [-0.2, -0.15) is 0 Å². The Hall–Kier alpha value is -0.900. The van der Waals surface area contributed by atoms with Gasteiger partial charge in [0.05, 0.1) is 6.04 Å². The second kappa shape index (κ2) is 6.56. The Balaban J connectivity index is 4.34. The van der Waals surface area contributed by atoms with Gasteiger partial charge in [0.2, 0.25) is 5.91 Å². The lowest BCUT2D eigenvalue weighted by Gasteiger charge is -2.22. The molecule has 3 N–H and O–H groups in total. The van der Waals surface area contributed by atoms with Crippen molar-refractivity contribution in [2.24, 2.45) is 17.6 Å². The van der Waals surface area contributed by atoms with Crippen molar-refractivity contribution in [2.75, 3.05) is 7.05 Å². The first kappa shape index (κ1) is 14.1. The lowest BCUT2D eigenvalue weighted by molar-refractivity contribution is -0.128.